The fraction of sp³-hybridized carbons (Fsp3) is 0.649. The fourth-order valence-corrected chi connectivity index (χ4v) is 8.04. The fourth-order valence-electron chi connectivity index (χ4n) is 8.04. The first-order valence-electron chi connectivity index (χ1n) is 17.1. The third-order valence-corrected chi connectivity index (χ3v) is 10.4. The highest BCUT2D eigenvalue weighted by molar-refractivity contribution is 5.73. The Balaban J connectivity index is 1.41. The Morgan fingerprint density at radius 2 is 1.71 bits per heavy atom. The smallest absolute Gasteiger partial charge is 0.479 e. The van der Waals surface area contributed by atoms with E-state index in [1.54, 1.807) is 0 Å². The number of carbonyl (C=O) groups is 1. The maximum Gasteiger partial charge on any atom is 0.573 e. The molecule has 0 radical (unpaired) electrons. The van der Waals surface area contributed by atoms with E-state index in [2.05, 4.69) is 65.7 Å². The standard InChI is InChI=1S/C37H51F4N3O4/c1-22-30(32(44-16-13-36(6,7)14-17-44)31(23(2)42-22)33(34(45)46)48-35(3,4)5)26-9-10-27-21-43(15-12-25(27)19-26)20-24-8-11-29(28(38)18-24)47-37(39,40)41/h8-11,18-19,22-23,30-33,42H,12-17,20-21H2,1-7H3,(H,45,46)/t22?,23?,30?,31?,32?,33-/m0/s1. The summed E-state index contributed by atoms with van der Waals surface area (Å²) in [5.41, 5.74) is 3.74. The highest BCUT2D eigenvalue weighted by atomic mass is 19.4. The third kappa shape index (κ3) is 8.70. The van der Waals surface area contributed by atoms with Gasteiger partial charge in [0.15, 0.2) is 17.7 Å². The van der Waals surface area contributed by atoms with Gasteiger partial charge < -0.3 is 19.9 Å². The molecule has 0 aliphatic carbocycles. The molecule has 5 rings (SSSR count). The molecule has 0 spiro atoms. The van der Waals surface area contributed by atoms with Gasteiger partial charge in [-0.25, -0.2) is 9.18 Å². The second kappa shape index (κ2) is 13.9. The molecule has 2 N–H and O–H groups in total. The molecule has 266 valence electrons. The van der Waals surface area contributed by atoms with Crippen molar-refractivity contribution in [3.8, 4) is 5.75 Å². The van der Waals surface area contributed by atoms with Crippen LogP contribution < -0.4 is 10.1 Å². The van der Waals surface area contributed by atoms with Gasteiger partial charge in [0.05, 0.1) is 5.60 Å². The Labute approximate surface area is 282 Å². The van der Waals surface area contributed by atoms with Crippen molar-refractivity contribution in [1.29, 1.82) is 0 Å². The quantitative estimate of drug-likeness (QED) is 0.288. The van der Waals surface area contributed by atoms with Gasteiger partial charge in [0.1, 0.15) is 0 Å². The molecule has 3 aliphatic heterocycles. The minimum atomic E-state index is -4.95. The van der Waals surface area contributed by atoms with Crippen molar-refractivity contribution < 1.29 is 36.9 Å². The van der Waals surface area contributed by atoms with E-state index in [4.69, 9.17) is 4.74 Å². The summed E-state index contributed by atoms with van der Waals surface area (Å²) in [6.07, 6.45) is -3.08. The van der Waals surface area contributed by atoms with Crippen molar-refractivity contribution in [2.24, 2.45) is 11.3 Å². The molecule has 11 heteroatoms. The number of hydrogen-bond acceptors (Lipinski definition) is 6. The van der Waals surface area contributed by atoms with Crippen LogP contribution in [0.3, 0.4) is 0 Å². The predicted molar refractivity (Wildman–Crippen MR) is 176 cm³/mol. The number of rotatable bonds is 8. The van der Waals surface area contributed by atoms with E-state index in [0.717, 1.165) is 50.0 Å². The van der Waals surface area contributed by atoms with Crippen molar-refractivity contribution in [2.75, 3.05) is 19.6 Å². The zero-order valence-electron chi connectivity index (χ0n) is 29.2. The second-order valence-electron chi connectivity index (χ2n) is 15.8. The van der Waals surface area contributed by atoms with E-state index in [0.29, 0.717) is 25.2 Å². The summed E-state index contributed by atoms with van der Waals surface area (Å²) in [5.74, 6) is -3.07. The maximum absolute atomic E-state index is 14.4. The zero-order chi connectivity index (χ0) is 35.2. The lowest BCUT2D eigenvalue weighted by molar-refractivity contribution is -0.275. The number of halogens is 4. The number of nitrogens with zero attached hydrogens (tertiary/aromatic N) is 2. The first-order chi connectivity index (χ1) is 22.3. The molecule has 0 saturated carbocycles. The van der Waals surface area contributed by atoms with Crippen LogP contribution in [0, 0.1) is 17.2 Å². The number of nitrogens with one attached hydrogen (secondary N) is 1. The molecule has 5 unspecified atom stereocenters. The van der Waals surface area contributed by atoms with E-state index in [1.165, 1.54) is 17.2 Å². The number of benzene rings is 2. The summed E-state index contributed by atoms with van der Waals surface area (Å²) in [6.45, 7) is 18.1. The van der Waals surface area contributed by atoms with Crippen molar-refractivity contribution in [2.45, 2.75) is 123 Å². The van der Waals surface area contributed by atoms with Crippen LogP contribution in [-0.2, 0) is 29.0 Å². The van der Waals surface area contributed by atoms with Crippen LogP contribution in [0.5, 0.6) is 5.75 Å². The summed E-state index contributed by atoms with van der Waals surface area (Å²) < 4.78 is 62.2. The normalized spacial score (nSPS) is 27.7. The molecule has 3 heterocycles. The Morgan fingerprint density at radius 1 is 1.02 bits per heavy atom. The lowest BCUT2D eigenvalue weighted by Crippen LogP contribution is -2.66. The monoisotopic (exact) mass is 677 g/mol. The van der Waals surface area contributed by atoms with Crippen LogP contribution >= 0.6 is 0 Å². The van der Waals surface area contributed by atoms with Gasteiger partial charge in [-0.3, -0.25) is 9.80 Å². The Morgan fingerprint density at radius 3 is 2.31 bits per heavy atom. The van der Waals surface area contributed by atoms with Gasteiger partial charge in [-0.2, -0.15) is 0 Å². The topological polar surface area (TPSA) is 74.3 Å². The number of alkyl halides is 3. The Hall–Kier alpha value is -2.73. The van der Waals surface area contributed by atoms with Crippen molar-refractivity contribution in [3.05, 3.63) is 64.5 Å². The largest absolute Gasteiger partial charge is 0.573 e. The first kappa shape index (κ1) is 36.5. The van der Waals surface area contributed by atoms with Crippen molar-refractivity contribution in [1.82, 2.24) is 15.1 Å². The minimum Gasteiger partial charge on any atom is -0.479 e. The Kier molecular flexibility index (Phi) is 10.6. The average Bonchev–Trinajstić information content (AvgIpc) is 2.96. The molecule has 48 heavy (non-hydrogen) atoms. The van der Waals surface area contributed by atoms with Crippen molar-refractivity contribution >= 4 is 5.97 Å². The van der Waals surface area contributed by atoms with E-state index in [-0.39, 0.29) is 35.4 Å². The number of fused-ring (bicyclic) bond motifs is 1. The zero-order valence-corrected chi connectivity index (χ0v) is 29.2. The van der Waals surface area contributed by atoms with Gasteiger partial charge in [-0.05, 0) is 107 Å². The molecule has 2 saturated heterocycles. The highest BCUT2D eigenvalue weighted by Gasteiger charge is 2.51. The van der Waals surface area contributed by atoms with Crippen LogP contribution in [0.15, 0.2) is 36.4 Å². The number of carboxylic acid groups (broad SMARTS) is 1. The van der Waals surface area contributed by atoms with Gasteiger partial charge in [0.25, 0.3) is 0 Å². The number of hydrogen-bond donors (Lipinski definition) is 2. The molecule has 3 aliphatic rings. The summed E-state index contributed by atoms with van der Waals surface area (Å²) >= 11 is 0. The van der Waals surface area contributed by atoms with Gasteiger partial charge in [0.2, 0.25) is 0 Å². The lowest BCUT2D eigenvalue weighted by atomic mass is 9.68. The summed E-state index contributed by atoms with van der Waals surface area (Å²) in [7, 11) is 0. The van der Waals surface area contributed by atoms with Gasteiger partial charge in [-0.15, -0.1) is 13.2 Å². The van der Waals surface area contributed by atoms with Gasteiger partial charge in [0, 0.05) is 49.6 Å². The Bertz CT molecular complexity index is 1450. The van der Waals surface area contributed by atoms with E-state index < -0.39 is 35.6 Å². The third-order valence-electron chi connectivity index (χ3n) is 10.4. The molecular weight excluding hydrogens is 626 g/mol. The van der Waals surface area contributed by atoms with E-state index in [9.17, 15) is 27.5 Å². The summed E-state index contributed by atoms with van der Waals surface area (Å²) in [5, 5.41) is 14.3. The van der Waals surface area contributed by atoms with Crippen LogP contribution in [0.25, 0.3) is 0 Å². The van der Waals surface area contributed by atoms with Gasteiger partial charge in [-0.1, -0.05) is 38.1 Å². The number of ether oxygens (including phenoxy) is 2. The minimum absolute atomic E-state index is 0.0292. The average molecular weight is 678 g/mol. The molecule has 0 aromatic heterocycles. The second-order valence-corrected chi connectivity index (χ2v) is 15.8. The van der Waals surface area contributed by atoms with Crippen LogP contribution in [-0.4, -0.2) is 76.7 Å². The van der Waals surface area contributed by atoms with E-state index >= 15 is 0 Å². The maximum atomic E-state index is 14.4. The van der Waals surface area contributed by atoms with Gasteiger partial charge >= 0.3 is 12.3 Å². The molecule has 2 aromatic carbocycles. The predicted octanol–water partition coefficient (Wildman–Crippen LogP) is 7.12. The van der Waals surface area contributed by atoms with Crippen LogP contribution in [0.4, 0.5) is 17.6 Å². The highest BCUT2D eigenvalue weighted by Crippen LogP contribution is 2.44. The number of aliphatic carboxylic acids is 1. The van der Waals surface area contributed by atoms with Crippen LogP contribution in [0.1, 0.15) is 89.5 Å². The molecule has 0 bridgehead atoms. The molecule has 2 fully saturated rings. The van der Waals surface area contributed by atoms with Crippen molar-refractivity contribution in [3.63, 3.8) is 0 Å². The molecule has 2 aromatic rings. The number of carboxylic acids is 1. The molecular formula is C37H51F4N3O4. The summed E-state index contributed by atoms with van der Waals surface area (Å²) in [6, 6.07) is 10.2. The lowest BCUT2D eigenvalue weighted by Gasteiger charge is -2.54. The summed E-state index contributed by atoms with van der Waals surface area (Å²) in [4.78, 5) is 17.6. The molecule has 0 amide bonds. The SMILES string of the molecule is CC1NC(C)C([C@H](OC(C)(C)C)C(=O)O)C(N2CCC(C)(C)CC2)C1c1ccc2c(c1)CCN(Cc1ccc(OC(F)(F)F)c(F)c1)C2. The number of likely N-dealkylation sites (tertiary alicyclic amines) is 1. The van der Waals surface area contributed by atoms with E-state index in [1.807, 2.05) is 20.8 Å². The van der Waals surface area contributed by atoms with Crippen LogP contribution in [0.2, 0.25) is 0 Å². The number of piperidine rings is 2. The molecule has 6 atom stereocenters. The molecule has 7 nitrogen and oxygen atoms in total. The first-order valence-corrected chi connectivity index (χ1v) is 17.1.